The minimum atomic E-state index is -1.00. The molecule has 0 aromatic heterocycles. The first-order valence-corrected chi connectivity index (χ1v) is 19.6. The number of anilines is 1. The maximum absolute atomic E-state index is 11.5. The zero-order chi connectivity index (χ0) is 36.9. The third kappa shape index (κ3) is 8.03. The molecule has 2 atom stereocenters. The number of hydrogen-bond acceptors (Lipinski definition) is 6. The van der Waals surface area contributed by atoms with Gasteiger partial charge in [-0.3, -0.25) is 4.90 Å². The van der Waals surface area contributed by atoms with E-state index in [2.05, 4.69) is 107 Å². The molecule has 5 aromatic rings. The predicted octanol–water partition coefficient (Wildman–Crippen LogP) is 8.69. The molecule has 54 heavy (non-hydrogen) atoms. The van der Waals surface area contributed by atoms with Gasteiger partial charge < -0.3 is 24.6 Å². The van der Waals surface area contributed by atoms with Crippen molar-refractivity contribution in [3.8, 4) is 11.5 Å². The van der Waals surface area contributed by atoms with Crippen molar-refractivity contribution in [2.75, 3.05) is 37.7 Å². The highest BCUT2D eigenvalue weighted by atomic mass is 16.5. The molecular formula is C47H50N2O5. The SMILES string of the molecule is O=C(O)c1ccc(N2CCC(N3CC(CCOc4ccc(C5c6ccc(OCc7ccccc7)cc6CCC5c5ccccc5)cc4)C3)CC2)cc1CO. The topological polar surface area (TPSA) is 82.5 Å². The number of piperidine rings is 1. The molecule has 0 amide bonds. The first kappa shape index (κ1) is 35.9. The average molecular weight is 723 g/mol. The van der Waals surface area contributed by atoms with E-state index in [0.717, 1.165) is 82.1 Å². The smallest absolute Gasteiger partial charge is 0.336 e. The fraction of sp³-hybridized carbons (Fsp3) is 0.340. The summed E-state index contributed by atoms with van der Waals surface area (Å²) in [6, 6.07) is 42.7. The molecule has 0 radical (unpaired) electrons. The number of ether oxygens (including phenoxy) is 2. The number of likely N-dealkylation sites (tertiary alicyclic amines) is 1. The van der Waals surface area contributed by atoms with Crippen LogP contribution in [0, 0.1) is 5.92 Å². The maximum atomic E-state index is 11.5. The minimum absolute atomic E-state index is 0.173. The van der Waals surface area contributed by atoms with Crippen LogP contribution in [-0.2, 0) is 19.6 Å². The molecule has 2 saturated heterocycles. The molecule has 3 aliphatic rings. The molecule has 2 fully saturated rings. The van der Waals surface area contributed by atoms with Gasteiger partial charge >= 0.3 is 5.97 Å². The summed E-state index contributed by atoms with van der Waals surface area (Å²) in [5.74, 6) is 2.18. The van der Waals surface area contributed by atoms with E-state index >= 15 is 0 Å². The summed E-state index contributed by atoms with van der Waals surface area (Å²) >= 11 is 0. The molecule has 0 bridgehead atoms. The lowest BCUT2D eigenvalue weighted by molar-refractivity contribution is 0.0305. The van der Waals surface area contributed by atoms with Crippen LogP contribution in [0.25, 0.3) is 0 Å². The highest BCUT2D eigenvalue weighted by Crippen LogP contribution is 2.47. The second-order valence-electron chi connectivity index (χ2n) is 15.2. The Morgan fingerprint density at radius 1 is 0.741 bits per heavy atom. The first-order valence-electron chi connectivity index (χ1n) is 19.6. The van der Waals surface area contributed by atoms with Crippen molar-refractivity contribution >= 4 is 11.7 Å². The summed E-state index contributed by atoms with van der Waals surface area (Å²) in [6.45, 7) is 5.13. The van der Waals surface area contributed by atoms with Gasteiger partial charge in [-0.05, 0) is 120 Å². The van der Waals surface area contributed by atoms with Gasteiger partial charge in [0.05, 0.1) is 18.8 Å². The Morgan fingerprint density at radius 2 is 1.46 bits per heavy atom. The van der Waals surface area contributed by atoms with Gasteiger partial charge in [0.1, 0.15) is 18.1 Å². The molecule has 278 valence electrons. The van der Waals surface area contributed by atoms with Gasteiger partial charge in [-0.25, -0.2) is 4.79 Å². The van der Waals surface area contributed by atoms with Crippen LogP contribution >= 0.6 is 0 Å². The number of nitrogens with zero attached hydrogens (tertiary/aromatic N) is 2. The molecule has 0 saturated carbocycles. The zero-order valence-corrected chi connectivity index (χ0v) is 30.9. The van der Waals surface area contributed by atoms with Gasteiger partial charge in [-0.15, -0.1) is 0 Å². The minimum Gasteiger partial charge on any atom is -0.494 e. The van der Waals surface area contributed by atoms with Crippen molar-refractivity contribution in [3.63, 3.8) is 0 Å². The molecule has 0 spiro atoms. The van der Waals surface area contributed by atoms with Crippen molar-refractivity contribution in [1.82, 2.24) is 4.90 Å². The molecule has 2 aliphatic heterocycles. The second kappa shape index (κ2) is 16.5. The van der Waals surface area contributed by atoms with Gasteiger partial charge in [-0.1, -0.05) is 78.9 Å². The third-order valence-electron chi connectivity index (χ3n) is 11.9. The molecule has 1 aliphatic carbocycles. The van der Waals surface area contributed by atoms with E-state index in [4.69, 9.17) is 9.47 Å². The van der Waals surface area contributed by atoms with Crippen LogP contribution < -0.4 is 14.4 Å². The normalized spacial score (nSPS) is 19.2. The van der Waals surface area contributed by atoms with Gasteiger partial charge in [0, 0.05) is 43.8 Å². The van der Waals surface area contributed by atoms with Crippen molar-refractivity contribution in [2.24, 2.45) is 5.92 Å². The fourth-order valence-corrected chi connectivity index (χ4v) is 8.91. The summed E-state index contributed by atoms with van der Waals surface area (Å²) in [5.41, 5.74) is 8.29. The molecule has 2 unspecified atom stereocenters. The van der Waals surface area contributed by atoms with E-state index < -0.39 is 5.97 Å². The standard InChI is InChI=1S/C47H50N2O5/c50-31-38-27-40(14-19-45(38)47(51)52)48-24-21-39(22-25-48)49-29-34(30-49)23-26-53-41-15-11-36(12-16-41)46-43(35-9-5-2-6-10-35)18-13-37-28-42(17-20-44(37)46)54-32-33-7-3-1-4-8-33/h1-12,14-17,19-20,27-28,34,39,43,46,50H,13,18,21-26,29-32H2,(H,51,52). The molecule has 8 rings (SSSR count). The summed E-state index contributed by atoms with van der Waals surface area (Å²) in [5, 5.41) is 19.1. The number of aryl methyl sites for hydroxylation is 1. The molecule has 5 aromatic carbocycles. The van der Waals surface area contributed by atoms with Gasteiger partial charge in [-0.2, -0.15) is 0 Å². The largest absolute Gasteiger partial charge is 0.494 e. The number of benzene rings is 5. The van der Waals surface area contributed by atoms with E-state index in [9.17, 15) is 15.0 Å². The maximum Gasteiger partial charge on any atom is 0.336 e. The van der Waals surface area contributed by atoms with E-state index in [1.807, 2.05) is 18.2 Å². The number of carbonyl (C=O) groups is 1. The van der Waals surface area contributed by atoms with Crippen LogP contribution in [0.4, 0.5) is 5.69 Å². The summed E-state index contributed by atoms with van der Waals surface area (Å²) in [6.07, 6.45) is 5.35. The zero-order valence-electron chi connectivity index (χ0n) is 30.9. The molecule has 7 nitrogen and oxygen atoms in total. The molecule has 2 heterocycles. The summed E-state index contributed by atoms with van der Waals surface area (Å²) in [7, 11) is 0. The Balaban J connectivity index is 0.838. The Labute approximate surface area is 318 Å². The van der Waals surface area contributed by atoms with E-state index in [1.165, 1.54) is 27.8 Å². The van der Waals surface area contributed by atoms with Crippen molar-refractivity contribution < 1.29 is 24.5 Å². The average Bonchev–Trinajstić information content (AvgIpc) is 3.21. The van der Waals surface area contributed by atoms with Crippen LogP contribution in [0.15, 0.2) is 121 Å². The first-order chi connectivity index (χ1) is 26.5. The summed E-state index contributed by atoms with van der Waals surface area (Å²) in [4.78, 5) is 16.4. The number of carboxylic acid groups (broad SMARTS) is 1. The highest BCUT2D eigenvalue weighted by Gasteiger charge is 2.35. The second-order valence-corrected chi connectivity index (χ2v) is 15.2. The lowest BCUT2D eigenvalue weighted by Crippen LogP contribution is -2.55. The number of hydrogen-bond donors (Lipinski definition) is 2. The van der Waals surface area contributed by atoms with Gasteiger partial charge in [0.25, 0.3) is 0 Å². The molecule has 7 heteroatoms. The lowest BCUT2D eigenvalue weighted by Gasteiger charge is -2.47. The predicted molar refractivity (Wildman–Crippen MR) is 213 cm³/mol. The quantitative estimate of drug-likeness (QED) is 0.126. The lowest BCUT2D eigenvalue weighted by atomic mass is 9.69. The van der Waals surface area contributed by atoms with Crippen LogP contribution in [-0.4, -0.2) is 59.9 Å². The Morgan fingerprint density at radius 3 is 2.19 bits per heavy atom. The van der Waals surface area contributed by atoms with Crippen molar-refractivity contribution in [2.45, 2.75) is 63.2 Å². The third-order valence-corrected chi connectivity index (χ3v) is 11.9. The van der Waals surface area contributed by atoms with Crippen molar-refractivity contribution in [3.05, 3.63) is 160 Å². The fourth-order valence-electron chi connectivity index (χ4n) is 8.91. The van der Waals surface area contributed by atoms with Crippen molar-refractivity contribution in [1.29, 1.82) is 0 Å². The van der Waals surface area contributed by atoms with Gasteiger partial charge in [0.15, 0.2) is 0 Å². The molecular weight excluding hydrogens is 673 g/mol. The van der Waals surface area contributed by atoms with E-state index in [1.54, 1.807) is 6.07 Å². The Kier molecular flexibility index (Phi) is 11.0. The summed E-state index contributed by atoms with van der Waals surface area (Å²) < 4.78 is 12.5. The number of aliphatic hydroxyl groups excluding tert-OH is 1. The monoisotopic (exact) mass is 722 g/mol. The number of rotatable bonds is 13. The van der Waals surface area contributed by atoms with Crippen LogP contribution in [0.1, 0.15) is 81.3 Å². The van der Waals surface area contributed by atoms with Crippen LogP contribution in [0.5, 0.6) is 11.5 Å². The van der Waals surface area contributed by atoms with Gasteiger partial charge in [0.2, 0.25) is 0 Å². The van der Waals surface area contributed by atoms with Crippen LogP contribution in [0.3, 0.4) is 0 Å². The van der Waals surface area contributed by atoms with E-state index in [0.29, 0.717) is 30.0 Å². The number of carboxylic acids is 1. The number of fused-ring (bicyclic) bond motifs is 1. The highest BCUT2D eigenvalue weighted by molar-refractivity contribution is 5.90. The molecule has 2 N–H and O–H groups in total. The number of aliphatic hydroxyl groups is 1. The van der Waals surface area contributed by atoms with Crippen LogP contribution in [0.2, 0.25) is 0 Å². The Bertz CT molecular complexity index is 2000. The number of aromatic carboxylic acids is 1. The Hall–Kier alpha value is -5.11. The van der Waals surface area contributed by atoms with E-state index in [-0.39, 0.29) is 18.1 Å².